The minimum absolute atomic E-state index is 0.0139. The van der Waals surface area contributed by atoms with Crippen molar-refractivity contribution in [1.82, 2.24) is 24.9 Å². The van der Waals surface area contributed by atoms with Gasteiger partial charge in [-0.05, 0) is 50.7 Å². The van der Waals surface area contributed by atoms with Crippen LogP contribution < -0.4 is 0 Å². The summed E-state index contributed by atoms with van der Waals surface area (Å²) >= 11 is 0. The monoisotopic (exact) mass is 423 g/mol. The summed E-state index contributed by atoms with van der Waals surface area (Å²) in [5, 5.41) is 11.9. The van der Waals surface area contributed by atoms with Gasteiger partial charge in [-0.15, -0.1) is 0 Å². The van der Waals surface area contributed by atoms with Crippen molar-refractivity contribution in [2.45, 2.75) is 56.5 Å². The van der Waals surface area contributed by atoms with E-state index in [9.17, 15) is 13.6 Å². The van der Waals surface area contributed by atoms with Crippen molar-refractivity contribution in [3.63, 3.8) is 0 Å². The number of halogens is 2. The van der Waals surface area contributed by atoms with E-state index in [2.05, 4.69) is 10.2 Å². The number of hydrogen-bond donors (Lipinski definition) is 1. The number of piperidine rings is 1. The first-order chi connectivity index (χ1) is 15.0. The molecule has 1 saturated heterocycles. The number of carbonyl (C=O) groups excluding carboxylic acids is 1. The van der Waals surface area contributed by atoms with Crippen LogP contribution in [0, 0.1) is 11.6 Å². The molecule has 3 aliphatic rings. The first-order valence-electron chi connectivity index (χ1n) is 10.9. The molecule has 2 fully saturated rings. The summed E-state index contributed by atoms with van der Waals surface area (Å²) in [7, 11) is 1.80. The minimum atomic E-state index is -0.606. The third-order valence-corrected chi connectivity index (χ3v) is 6.93. The Morgan fingerprint density at radius 1 is 1.13 bits per heavy atom. The fourth-order valence-corrected chi connectivity index (χ4v) is 5.49. The number of aromatic amines is 1. The van der Waals surface area contributed by atoms with Crippen molar-refractivity contribution < 1.29 is 13.6 Å². The van der Waals surface area contributed by atoms with Crippen LogP contribution in [-0.2, 0) is 13.5 Å². The minimum Gasteiger partial charge on any atom is -0.327 e. The van der Waals surface area contributed by atoms with Crippen LogP contribution in [-0.4, -0.2) is 36.8 Å². The number of H-pyrrole nitrogens is 1. The van der Waals surface area contributed by atoms with Crippen molar-refractivity contribution in [1.29, 1.82) is 0 Å². The third kappa shape index (κ3) is 2.91. The van der Waals surface area contributed by atoms with Gasteiger partial charge in [0, 0.05) is 36.2 Å². The number of carbonyl (C=O) groups is 1. The Labute approximate surface area is 178 Å². The number of benzene rings is 1. The summed E-state index contributed by atoms with van der Waals surface area (Å²) < 4.78 is 29.5. The van der Waals surface area contributed by atoms with E-state index >= 15 is 0 Å². The highest BCUT2D eigenvalue weighted by Gasteiger charge is 2.45. The summed E-state index contributed by atoms with van der Waals surface area (Å²) in [6, 6.07) is 3.49. The highest BCUT2D eigenvalue weighted by Crippen LogP contribution is 2.46. The molecule has 3 aromatic rings. The van der Waals surface area contributed by atoms with E-state index in [1.165, 1.54) is 12.1 Å². The van der Waals surface area contributed by atoms with Crippen molar-refractivity contribution in [2.75, 3.05) is 0 Å². The molecule has 8 heteroatoms. The number of amides is 1. The Morgan fingerprint density at radius 3 is 2.65 bits per heavy atom. The summed E-state index contributed by atoms with van der Waals surface area (Å²) in [5.74, 6) is -0.790. The number of aromatic nitrogens is 4. The fraction of sp³-hybridized carbons (Fsp3) is 0.435. The molecule has 6 nitrogen and oxygen atoms in total. The second-order valence-corrected chi connectivity index (χ2v) is 8.98. The number of fused-ring (bicyclic) bond motifs is 4. The van der Waals surface area contributed by atoms with Gasteiger partial charge in [0.25, 0.3) is 5.91 Å². The van der Waals surface area contributed by atoms with Crippen LogP contribution in [0.2, 0.25) is 0 Å². The lowest BCUT2D eigenvalue weighted by Crippen LogP contribution is -2.50. The number of rotatable bonds is 3. The van der Waals surface area contributed by atoms with E-state index in [1.807, 2.05) is 4.90 Å². The number of aryl methyl sites for hydroxylation is 1. The predicted octanol–water partition coefficient (Wildman–Crippen LogP) is 4.26. The molecular weight excluding hydrogens is 400 g/mol. The number of hydrogen-bond acceptors (Lipinski definition) is 3. The van der Waals surface area contributed by atoms with Crippen LogP contribution >= 0.6 is 0 Å². The fourth-order valence-electron chi connectivity index (χ4n) is 5.49. The van der Waals surface area contributed by atoms with E-state index in [-0.39, 0.29) is 18.0 Å². The molecule has 4 heterocycles. The van der Waals surface area contributed by atoms with Crippen LogP contribution in [0.4, 0.5) is 8.78 Å². The summed E-state index contributed by atoms with van der Waals surface area (Å²) in [6.45, 7) is 0. The van der Waals surface area contributed by atoms with Gasteiger partial charge in [0.1, 0.15) is 11.6 Å². The van der Waals surface area contributed by atoms with Gasteiger partial charge < -0.3 is 4.90 Å². The van der Waals surface area contributed by atoms with Crippen molar-refractivity contribution in [3.8, 4) is 11.3 Å². The van der Waals surface area contributed by atoms with E-state index < -0.39 is 11.6 Å². The van der Waals surface area contributed by atoms with E-state index in [1.54, 1.807) is 17.9 Å². The molecule has 2 aliphatic heterocycles. The molecule has 6 rings (SSSR count). The van der Waals surface area contributed by atoms with E-state index in [0.717, 1.165) is 60.8 Å². The molecule has 0 radical (unpaired) electrons. The molecule has 1 aromatic carbocycles. The molecule has 1 saturated carbocycles. The standard InChI is InChI=1S/C23H23F2N5O/c1-29-22(13-7-14(24)9-15(25)8-13)17-10-16-3-2-4-19(21(17)28-29)30(16)23(31)18-11-26-27-20(18)12-5-6-12/h7-9,11-12,16,19H,2-6,10H2,1H3,(H,26,27). The Bertz CT molecular complexity index is 1170. The molecular formula is C23H23F2N5O. The topological polar surface area (TPSA) is 66.8 Å². The molecule has 1 N–H and O–H groups in total. The molecule has 1 amide bonds. The molecule has 31 heavy (non-hydrogen) atoms. The first-order valence-corrected chi connectivity index (χ1v) is 10.9. The Balaban J connectivity index is 1.43. The molecule has 2 aromatic heterocycles. The first kappa shape index (κ1) is 18.7. The molecule has 160 valence electrons. The normalized spacial score (nSPS) is 22.5. The van der Waals surface area contributed by atoms with Gasteiger partial charge >= 0.3 is 0 Å². The van der Waals surface area contributed by atoms with Gasteiger partial charge in [-0.2, -0.15) is 10.2 Å². The van der Waals surface area contributed by atoms with Gasteiger partial charge in [0.15, 0.2) is 0 Å². The van der Waals surface area contributed by atoms with Crippen molar-refractivity contribution in [2.24, 2.45) is 7.05 Å². The number of nitrogens with one attached hydrogen (secondary N) is 1. The molecule has 1 aliphatic carbocycles. The highest BCUT2D eigenvalue weighted by molar-refractivity contribution is 5.96. The quantitative estimate of drug-likeness (QED) is 0.685. The lowest BCUT2D eigenvalue weighted by Gasteiger charge is -2.45. The average molecular weight is 423 g/mol. The maximum Gasteiger partial charge on any atom is 0.258 e. The second-order valence-electron chi connectivity index (χ2n) is 8.98. The largest absolute Gasteiger partial charge is 0.327 e. The zero-order chi connectivity index (χ0) is 21.3. The Kier molecular flexibility index (Phi) is 4.07. The van der Waals surface area contributed by atoms with Gasteiger partial charge in [0.05, 0.1) is 34.9 Å². The Morgan fingerprint density at radius 2 is 1.90 bits per heavy atom. The van der Waals surface area contributed by atoms with Crippen molar-refractivity contribution >= 4 is 5.91 Å². The summed E-state index contributed by atoms with van der Waals surface area (Å²) in [6.07, 6.45) is 7.24. The van der Waals surface area contributed by atoms with Crippen LogP contribution in [0.1, 0.15) is 71.4 Å². The summed E-state index contributed by atoms with van der Waals surface area (Å²) in [4.78, 5) is 15.6. The molecule has 2 bridgehead atoms. The SMILES string of the molecule is Cn1nc2c(c1-c1cc(F)cc(F)c1)CC1CCCC2N1C(=O)c1cn[nH]c1C1CC1. The van der Waals surface area contributed by atoms with Crippen LogP contribution in [0.5, 0.6) is 0 Å². The lowest BCUT2D eigenvalue weighted by molar-refractivity contribution is 0.0391. The lowest BCUT2D eigenvalue weighted by atomic mass is 9.81. The maximum atomic E-state index is 13.9. The van der Waals surface area contributed by atoms with Gasteiger partial charge in [0.2, 0.25) is 0 Å². The van der Waals surface area contributed by atoms with Gasteiger partial charge in [-0.25, -0.2) is 8.78 Å². The van der Waals surface area contributed by atoms with Crippen LogP contribution in [0.25, 0.3) is 11.3 Å². The van der Waals surface area contributed by atoms with Gasteiger partial charge in [-0.1, -0.05) is 0 Å². The number of nitrogens with zero attached hydrogens (tertiary/aromatic N) is 4. The Hall–Kier alpha value is -3.03. The van der Waals surface area contributed by atoms with Gasteiger partial charge in [-0.3, -0.25) is 14.6 Å². The second kappa shape index (κ2) is 6.73. The molecule has 0 spiro atoms. The zero-order valence-electron chi connectivity index (χ0n) is 17.2. The van der Waals surface area contributed by atoms with Crippen LogP contribution in [0.3, 0.4) is 0 Å². The molecule has 2 atom stereocenters. The highest BCUT2D eigenvalue weighted by atomic mass is 19.1. The van der Waals surface area contributed by atoms with Crippen molar-refractivity contribution in [3.05, 3.63) is 58.5 Å². The predicted molar refractivity (Wildman–Crippen MR) is 109 cm³/mol. The van der Waals surface area contributed by atoms with Crippen LogP contribution in [0.15, 0.2) is 24.4 Å². The maximum absolute atomic E-state index is 13.9. The zero-order valence-corrected chi connectivity index (χ0v) is 17.2. The van der Waals surface area contributed by atoms with E-state index in [0.29, 0.717) is 23.5 Å². The molecule has 2 unspecified atom stereocenters. The van der Waals surface area contributed by atoms with E-state index in [4.69, 9.17) is 5.10 Å². The summed E-state index contributed by atoms with van der Waals surface area (Å²) in [5.41, 5.74) is 4.69. The smallest absolute Gasteiger partial charge is 0.258 e. The third-order valence-electron chi connectivity index (χ3n) is 6.93. The average Bonchev–Trinajstić information content (AvgIpc) is 3.35.